The molecule has 3 aromatic heterocycles. The van der Waals surface area contributed by atoms with E-state index in [0.717, 1.165) is 11.1 Å². The predicted molar refractivity (Wildman–Crippen MR) is 112 cm³/mol. The van der Waals surface area contributed by atoms with Crippen molar-refractivity contribution >= 4 is 11.6 Å². The normalized spacial score (nSPS) is 11.2. The minimum absolute atomic E-state index is 0.0889. The predicted octanol–water partition coefficient (Wildman–Crippen LogP) is 3.16. The highest BCUT2D eigenvalue weighted by molar-refractivity contribution is 6.00. The Morgan fingerprint density at radius 2 is 1.84 bits per heavy atom. The van der Waals surface area contributed by atoms with Gasteiger partial charge in [-0.1, -0.05) is 0 Å². The number of methoxy groups -OCH3 is 1. The molecule has 1 aromatic carbocycles. The smallest absolute Gasteiger partial charge is 0.387 e. The Bertz CT molecular complexity index is 1280. The molecule has 0 bridgehead atoms. The Kier molecular flexibility index (Phi) is 5.71. The van der Waals surface area contributed by atoms with E-state index in [1.54, 1.807) is 40.8 Å². The summed E-state index contributed by atoms with van der Waals surface area (Å²) in [5, 5.41) is 11.2. The monoisotopic (exact) mass is 442 g/mol. The highest BCUT2D eigenvalue weighted by atomic mass is 19.3. The molecule has 4 rings (SSSR count). The van der Waals surface area contributed by atoms with Gasteiger partial charge in [-0.05, 0) is 25.1 Å². The number of hydrogen-bond donors (Lipinski definition) is 1. The number of carbonyl (C=O) groups excluding carboxylic acids is 1. The van der Waals surface area contributed by atoms with Crippen LogP contribution in [0.15, 0.2) is 43.0 Å². The zero-order chi connectivity index (χ0) is 22.8. The van der Waals surface area contributed by atoms with Gasteiger partial charge in [0.2, 0.25) is 0 Å². The SMILES string of the molecule is CCNC(=O)c1c(OC)cc(-c2cnc3cc(-c4cnn(C)c4)cnn23)cc1OC(F)F. The molecule has 0 aliphatic carbocycles. The van der Waals surface area contributed by atoms with Gasteiger partial charge in [0.1, 0.15) is 17.1 Å². The van der Waals surface area contributed by atoms with Crippen LogP contribution in [-0.4, -0.2) is 50.6 Å². The van der Waals surface area contributed by atoms with Gasteiger partial charge in [0.05, 0.1) is 31.4 Å². The van der Waals surface area contributed by atoms with Gasteiger partial charge in [-0.15, -0.1) is 0 Å². The number of aromatic nitrogens is 5. The number of nitrogens with zero attached hydrogens (tertiary/aromatic N) is 5. The van der Waals surface area contributed by atoms with Crippen LogP contribution in [0.5, 0.6) is 11.5 Å². The topological polar surface area (TPSA) is 95.6 Å². The molecular formula is C21H20F2N6O3. The number of alkyl halides is 2. The van der Waals surface area contributed by atoms with Crippen LogP contribution >= 0.6 is 0 Å². The van der Waals surface area contributed by atoms with E-state index in [0.29, 0.717) is 23.4 Å². The molecule has 4 aromatic rings. The number of rotatable bonds is 7. The van der Waals surface area contributed by atoms with Crippen molar-refractivity contribution in [2.75, 3.05) is 13.7 Å². The molecule has 0 fully saturated rings. The number of ether oxygens (including phenoxy) is 2. The van der Waals surface area contributed by atoms with Crippen LogP contribution in [0.2, 0.25) is 0 Å². The molecule has 0 radical (unpaired) electrons. The Hall–Kier alpha value is -4.02. The lowest BCUT2D eigenvalue weighted by Crippen LogP contribution is -2.24. The van der Waals surface area contributed by atoms with Crippen LogP contribution in [-0.2, 0) is 7.05 Å². The zero-order valence-corrected chi connectivity index (χ0v) is 17.5. The van der Waals surface area contributed by atoms with Gasteiger partial charge in [0.15, 0.2) is 5.65 Å². The molecule has 0 unspecified atom stereocenters. The molecule has 11 heteroatoms. The van der Waals surface area contributed by atoms with Gasteiger partial charge in [-0.25, -0.2) is 9.50 Å². The summed E-state index contributed by atoms with van der Waals surface area (Å²) in [4.78, 5) is 16.8. The van der Waals surface area contributed by atoms with Crippen molar-refractivity contribution in [1.29, 1.82) is 0 Å². The standard InChI is InChI=1S/C21H20F2N6O3/c1-4-24-20(30)19-16(31-3)5-12(6-17(19)32-21(22)23)15-10-25-18-7-13(8-27-29(15)18)14-9-26-28(2)11-14/h5-11,21H,4H2,1-3H3,(H,24,30). The highest BCUT2D eigenvalue weighted by Crippen LogP contribution is 2.36. The summed E-state index contributed by atoms with van der Waals surface area (Å²) in [5.74, 6) is -0.794. The Morgan fingerprint density at radius 3 is 2.50 bits per heavy atom. The fourth-order valence-corrected chi connectivity index (χ4v) is 3.36. The van der Waals surface area contributed by atoms with Gasteiger partial charge < -0.3 is 14.8 Å². The Labute approximate surface area is 181 Å². The average molecular weight is 442 g/mol. The molecule has 0 saturated heterocycles. The van der Waals surface area contributed by atoms with E-state index in [1.165, 1.54) is 13.2 Å². The third-order valence-corrected chi connectivity index (χ3v) is 4.76. The lowest BCUT2D eigenvalue weighted by atomic mass is 10.1. The second-order valence-electron chi connectivity index (χ2n) is 6.85. The average Bonchev–Trinajstić information content (AvgIpc) is 3.38. The molecule has 0 spiro atoms. The van der Waals surface area contributed by atoms with Crippen molar-refractivity contribution in [2.45, 2.75) is 13.5 Å². The maximum atomic E-state index is 13.1. The Balaban J connectivity index is 1.82. The first-order valence-electron chi connectivity index (χ1n) is 9.69. The number of aryl methyl sites for hydroxylation is 1. The van der Waals surface area contributed by atoms with Crippen LogP contribution in [0.25, 0.3) is 28.0 Å². The van der Waals surface area contributed by atoms with Crippen molar-refractivity contribution in [2.24, 2.45) is 7.05 Å². The van der Waals surface area contributed by atoms with Crippen LogP contribution in [0.4, 0.5) is 8.78 Å². The summed E-state index contributed by atoms with van der Waals surface area (Å²) in [6.45, 7) is -1.09. The first-order chi connectivity index (χ1) is 15.4. The number of nitrogens with one attached hydrogen (secondary N) is 1. The van der Waals surface area contributed by atoms with E-state index in [2.05, 4.69) is 25.2 Å². The molecule has 0 aliphatic rings. The third kappa shape index (κ3) is 3.96. The van der Waals surface area contributed by atoms with Crippen LogP contribution < -0.4 is 14.8 Å². The van der Waals surface area contributed by atoms with Gasteiger partial charge in [0, 0.05) is 36.5 Å². The number of amides is 1. The highest BCUT2D eigenvalue weighted by Gasteiger charge is 2.23. The molecule has 32 heavy (non-hydrogen) atoms. The number of carbonyl (C=O) groups is 1. The van der Waals surface area contributed by atoms with Crippen molar-refractivity contribution in [3.63, 3.8) is 0 Å². The summed E-state index contributed by atoms with van der Waals surface area (Å²) in [5.41, 5.74) is 3.10. The molecule has 1 N–H and O–H groups in total. The number of benzene rings is 1. The fourth-order valence-electron chi connectivity index (χ4n) is 3.36. The summed E-state index contributed by atoms with van der Waals surface area (Å²) in [7, 11) is 3.17. The molecular weight excluding hydrogens is 422 g/mol. The van der Waals surface area contributed by atoms with Crippen molar-refractivity contribution in [3.8, 4) is 33.9 Å². The molecule has 9 nitrogen and oxygen atoms in total. The number of imidazole rings is 1. The quantitative estimate of drug-likeness (QED) is 0.472. The number of hydrogen-bond acceptors (Lipinski definition) is 6. The molecule has 0 aliphatic heterocycles. The Morgan fingerprint density at radius 1 is 1.09 bits per heavy atom. The van der Waals surface area contributed by atoms with E-state index >= 15 is 0 Å². The van der Waals surface area contributed by atoms with Crippen molar-refractivity contribution in [1.82, 2.24) is 29.7 Å². The minimum Gasteiger partial charge on any atom is -0.496 e. The summed E-state index contributed by atoms with van der Waals surface area (Å²) in [6.07, 6.45) is 6.79. The van der Waals surface area contributed by atoms with Crippen LogP contribution in [0, 0.1) is 0 Å². The molecule has 0 saturated carbocycles. The first kappa shape index (κ1) is 21.2. The second-order valence-corrected chi connectivity index (χ2v) is 6.85. The largest absolute Gasteiger partial charge is 0.496 e. The van der Waals surface area contributed by atoms with E-state index in [-0.39, 0.29) is 17.1 Å². The lowest BCUT2D eigenvalue weighted by molar-refractivity contribution is -0.0502. The number of halogens is 2. The van der Waals surface area contributed by atoms with Crippen molar-refractivity contribution < 1.29 is 23.0 Å². The summed E-state index contributed by atoms with van der Waals surface area (Å²) in [6, 6.07) is 4.74. The fraction of sp³-hybridized carbons (Fsp3) is 0.238. The third-order valence-electron chi connectivity index (χ3n) is 4.76. The van der Waals surface area contributed by atoms with Crippen LogP contribution in [0.1, 0.15) is 17.3 Å². The van der Waals surface area contributed by atoms with Gasteiger partial charge >= 0.3 is 6.61 Å². The number of fused-ring (bicyclic) bond motifs is 1. The summed E-state index contributed by atoms with van der Waals surface area (Å²) >= 11 is 0. The van der Waals surface area contributed by atoms with Gasteiger partial charge in [-0.2, -0.15) is 19.0 Å². The maximum absolute atomic E-state index is 13.1. The minimum atomic E-state index is -3.12. The maximum Gasteiger partial charge on any atom is 0.387 e. The van der Waals surface area contributed by atoms with E-state index in [9.17, 15) is 13.6 Å². The molecule has 1 amide bonds. The molecule has 0 atom stereocenters. The van der Waals surface area contributed by atoms with E-state index in [1.807, 2.05) is 19.3 Å². The van der Waals surface area contributed by atoms with Gasteiger partial charge in [0.25, 0.3) is 5.91 Å². The van der Waals surface area contributed by atoms with E-state index in [4.69, 9.17) is 4.74 Å². The van der Waals surface area contributed by atoms with E-state index < -0.39 is 12.5 Å². The van der Waals surface area contributed by atoms with Gasteiger partial charge in [-0.3, -0.25) is 9.48 Å². The molecule has 166 valence electrons. The van der Waals surface area contributed by atoms with Crippen LogP contribution in [0.3, 0.4) is 0 Å². The molecule has 3 heterocycles. The van der Waals surface area contributed by atoms with Crippen molar-refractivity contribution in [3.05, 3.63) is 48.5 Å². The lowest BCUT2D eigenvalue weighted by Gasteiger charge is -2.16. The zero-order valence-electron chi connectivity index (χ0n) is 17.5. The second kappa shape index (κ2) is 8.61. The summed E-state index contributed by atoms with van der Waals surface area (Å²) < 4.78 is 39.4. The first-order valence-corrected chi connectivity index (χ1v) is 9.69.